The lowest BCUT2D eigenvalue weighted by molar-refractivity contribution is 0.207. The van der Waals surface area contributed by atoms with Crippen LogP contribution in [-0.4, -0.2) is 104 Å². The van der Waals surface area contributed by atoms with E-state index >= 15 is 0 Å². The predicted molar refractivity (Wildman–Crippen MR) is 226 cm³/mol. The summed E-state index contributed by atoms with van der Waals surface area (Å²) in [6.07, 6.45) is 3.69. The van der Waals surface area contributed by atoms with Gasteiger partial charge in [0.25, 0.3) is 0 Å². The lowest BCUT2D eigenvalue weighted by atomic mass is 10.1. The first-order valence-corrected chi connectivity index (χ1v) is 22.2. The van der Waals surface area contributed by atoms with Crippen LogP contribution in [0.5, 0.6) is 0 Å². The molecule has 0 amide bonds. The van der Waals surface area contributed by atoms with E-state index in [1.165, 1.54) is 8.61 Å². The zero-order valence-electron chi connectivity index (χ0n) is 33.2. The maximum atomic E-state index is 13.1. The maximum absolute atomic E-state index is 13.1. The number of ether oxygens (including phenoxy) is 4. The van der Waals surface area contributed by atoms with Crippen LogP contribution in [0.4, 0.5) is 0 Å². The molecule has 60 heavy (non-hydrogen) atoms. The van der Waals surface area contributed by atoms with Gasteiger partial charge in [0.05, 0.1) is 62.6 Å². The first kappa shape index (κ1) is 41.1. The van der Waals surface area contributed by atoms with Crippen molar-refractivity contribution < 1.29 is 35.8 Å². The van der Waals surface area contributed by atoms with E-state index in [1.54, 1.807) is 48.5 Å². The van der Waals surface area contributed by atoms with Crippen molar-refractivity contribution in [1.29, 1.82) is 0 Å². The molecule has 0 atom stereocenters. The monoisotopic (exact) mass is 836 g/mol. The molecule has 6 heterocycles. The molecule has 0 radical (unpaired) electrons. The summed E-state index contributed by atoms with van der Waals surface area (Å²) < 4.78 is 78.1. The average molecular weight is 837 g/mol. The molecular weight excluding hydrogens is 797 g/mol. The van der Waals surface area contributed by atoms with Crippen molar-refractivity contribution in [2.24, 2.45) is 0 Å². The third-order valence-corrected chi connectivity index (χ3v) is 14.0. The molecule has 0 spiro atoms. The van der Waals surface area contributed by atoms with Crippen molar-refractivity contribution in [2.45, 2.75) is 23.6 Å². The predicted octanol–water partition coefficient (Wildman–Crippen LogP) is 4.19. The van der Waals surface area contributed by atoms with E-state index in [-0.39, 0.29) is 36.0 Å². The second-order valence-electron chi connectivity index (χ2n) is 14.7. The van der Waals surface area contributed by atoms with Crippen molar-refractivity contribution in [3.8, 4) is 59.2 Å². The van der Waals surface area contributed by atoms with Gasteiger partial charge in [-0.2, -0.15) is 8.61 Å². The van der Waals surface area contributed by atoms with Crippen molar-refractivity contribution in [2.75, 3.05) is 79.0 Å². The van der Waals surface area contributed by atoms with Gasteiger partial charge in [0, 0.05) is 81.9 Å². The van der Waals surface area contributed by atoms with Gasteiger partial charge in [0.2, 0.25) is 20.0 Å². The molecule has 10 nitrogen and oxygen atoms in total. The lowest BCUT2D eigenvalue weighted by Gasteiger charge is -2.15. The quantitative estimate of drug-likeness (QED) is 0.422. The number of sulfonamides is 2. The molecule has 0 unspecified atom stereocenters. The molecule has 302 valence electrons. The van der Waals surface area contributed by atoms with Gasteiger partial charge >= 0.3 is 0 Å². The van der Waals surface area contributed by atoms with Crippen molar-refractivity contribution in [1.82, 2.24) is 8.61 Å². The normalized spacial score (nSPS) is 19.5. The number of aryl methyl sites for hydroxylation is 2. The molecule has 6 aliphatic heterocycles. The fourth-order valence-electron chi connectivity index (χ4n) is 6.70. The van der Waals surface area contributed by atoms with Crippen LogP contribution in [0.3, 0.4) is 0 Å². The van der Waals surface area contributed by atoms with Gasteiger partial charge < -0.3 is 18.9 Å². The highest BCUT2D eigenvalue weighted by Crippen LogP contribution is 2.24. The molecule has 0 aliphatic carbocycles. The van der Waals surface area contributed by atoms with Gasteiger partial charge in [-0.1, -0.05) is 107 Å². The molecule has 0 bridgehead atoms. The van der Waals surface area contributed by atoms with Gasteiger partial charge in [-0.25, -0.2) is 16.8 Å². The Hall–Kier alpha value is -5.66. The van der Waals surface area contributed by atoms with Crippen LogP contribution < -0.4 is 0 Å². The first-order valence-electron chi connectivity index (χ1n) is 19.3. The Labute approximate surface area is 352 Å². The van der Waals surface area contributed by atoms with Crippen molar-refractivity contribution in [3.05, 3.63) is 128 Å². The smallest absolute Gasteiger partial charge is 0.243 e. The van der Waals surface area contributed by atoms with Gasteiger partial charge in [-0.05, 0) is 38.1 Å². The largest absolute Gasteiger partial charge is 0.371 e. The molecule has 8 rings (SSSR count). The third kappa shape index (κ3) is 9.37. The molecular formula is C48H40N2O8S2. The number of hydrogen-bond donors (Lipinski definition) is 0. The first-order chi connectivity index (χ1) is 29.0. The summed E-state index contributed by atoms with van der Waals surface area (Å²) in [5, 5.41) is 0. The molecule has 0 fully saturated rings. The molecule has 0 saturated carbocycles. The SMILES string of the molecule is Cc1ccc(S(=O)(=O)N2CC=C(C#CC3=C(C#CC4=C(C#CC5=C(C#CC6=C(C#CC7=CCN(S(=O)(=O)c8ccc(C)cc8)C7)COC6)COC5)COC4)COC3)C2)cc1. The molecule has 6 aliphatic rings. The standard InChI is InChI=1S/C48H40N2O8S2/c1-35-3-17-47(18-4-35)59(51,52)49-23-21-37(25-49)7-9-39-27-55-29-41(39)11-13-43-31-57-33-45(43)15-16-46-34-58-32-44(46)14-12-42-30-56-28-40(42)10-8-38-22-24-50(26-38)60(53,54)48-19-5-36(2)6-20-48/h3-6,17-22H,23-34H2,1-2H3. The van der Waals surface area contributed by atoms with E-state index in [4.69, 9.17) is 18.9 Å². The Morgan fingerprint density at radius 2 is 0.650 bits per heavy atom. The molecule has 0 N–H and O–H groups in total. The zero-order valence-corrected chi connectivity index (χ0v) is 34.9. The summed E-state index contributed by atoms with van der Waals surface area (Å²) >= 11 is 0. The van der Waals surface area contributed by atoms with E-state index < -0.39 is 20.0 Å². The number of rotatable bonds is 4. The minimum atomic E-state index is -3.61. The number of nitrogens with zero attached hydrogens (tertiary/aromatic N) is 2. The second-order valence-corrected chi connectivity index (χ2v) is 18.6. The summed E-state index contributed by atoms with van der Waals surface area (Å²) in [6, 6.07) is 13.7. The minimum absolute atomic E-state index is 0.215. The Morgan fingerprint density at radius 3 is 0.917 bits per heavy atom. The van der Waals surface area contributed by atoms with E-state index in [0.29, 0.717) is 52.9 Å². The van der Waals surface area contributed by atoms with E-state index in [9.17, 15) is 16.8 Å². The number of hydrogen-bond acceptors (Lipinski definition) is 8. The molecule has 0 aromatic heterocycles. The van der Waals surface area contributed by atoms with E-state index in [1.807, 2.05) is 26.0 Å². The Balaban J connectivity index is 0.922. The average Bonchev–Trinajstić information content (AvgIpc) is 4.10. The van der Waals surface area contributed by atoms with Crippen LogP contribution in [0, 0.1) is 73.1 Å². The van der Waals surface area contributed by atoms with Crippen LogP contribution in [-0.2, 0) is 39.0 Å². The van der Waals surface area contributed by atoms with Gasteiger partial charge in [0.1, 0.15) is 0 Å². The summed E-state index contributed by atoms with van der Waals surface area (Å²) in [5.74, 6) is 32.1. The van der Waals surface area contributed by atoms with Crippen LogP contribution in [0.25, 0.3) is 0 Å². The van der Waals surface area contributed by atoms with Crippen LogP contribution in [0.1, 0.15) is 11.1 Å². The van der Waals surface area contributed by atoms with E-state index in [0.717, 1.165) is 66.9 Å². The topological polar surface area (TPSA) is 112 Å². The van der Waals surface area contributed by atoms with Crippen LogP contribution >= 0.6 is 0 Å². The fraction of sp³-hybridized carbons (Fsp3) is 0.292. The Bertz CT molecular complexity index is 2690. The lowest BCUT2D eigenvalue weighted by Crippen LogP contribution is -2.29. The molecule has 12 heteroatoms. The zero-order chi connectivity index (χ0) is 41.7. The van der Waals surface area contributed by atoms with Crippen molar-refractivity contribution in [3.63, 3.8) is 0 Å². The summed E-state index contributed by atoms with van der Waals surface area (Å²) in [5.41, 5.74) is 9.75. The maximum Gasteiger partial charge on any atom is 0.243 e. The Kier molecular flexibility index (Phi) is 12.3. The highest BCUT2D eigenvalue weighted by Gasteiger charge is 2.29. The van der Waals surface area contributed by atoms with Gasteiger partial charge in [-0.3, -0.25) is 0 Å². The minimum Gasteiger partial charge on any atom is -0.371 e. The van der Waals surface area contributed by atoms with Crippen LogP contribution in [0.2, 0.25) is 0 Å². The van der Waals surface area contributed by atoms with E-state index in [2.05, 4.69) is 59.2 Å². The highest BCUT2D eigenvalue weighted by atomic mass is 32.2. The van der Waals surface area contributed by atoms with Crippen LogP contribution in [0.15, 0.2) is 126 Å². The highest BCUT2D eigenvalue weighted by molar-refractivity contribution is 7.89. The Morgan fingerprint density at radius 1 is 0.400 bits per heavy atom. The second kappa shape index (κ2) is 17.9. The molecule has 0 saturated heterocycles. The molecule has 2 aromatic rings. The fourth-order valence-corrected chi connectivity index (χ4v) is 9.42. The summed E-state index contributed by atoms with van der Waals surface area (Å²) in [6.45, 7) is 7.57. The molecule has 2 aromatic carbocycles. The van der Waals surface area contributed by atoms with Gasteiger partial charge in [0.15, 0.2) is 0 Å². The van der Waals surface area contributed by atoms with Crippen molar-refractivity contribution >= 4 is 20.0 Å². The third-order valence-electron chi connectivity index (χ3n) is 10.4. The number of benzene rings is 2. The summed E-state index contributed by atoms with van der Waals surface area (Å²) in [7, 11) is -7.23. The van der Waals surface area contributed by atoms with Gasteiger partial charge in [-0.15, -0.1) is 0 Å². The summed E-state index contributed by atoms with van der Waals surface area (Å²) in [4.78, 5) is 0.538.